The van der Waals surface area contributed by atoms with Crippen molar-refractivity contribution >= 4 is 0 Å². The lowest BCUT2D eigenvalue weighted by Gasteiger charge is -2.11. The number of ether oxygens (including phenoxy) is 1. The maximum absolute atomic E-state index is 12.6. The maximum atomic E-state index is 12.6. The fourth-order valence-corrected chi connectivity index (χ4v) is 0.827. The fraction of sp³-hybridized carbons (Fsp3) is 1.00. The average Bonchev–Trinajstić information content (AvgIpc) is 1.99. The SMILES string of the molecule is CC1OCCNCC1F. The Bertz CT molecular complexity index is 79.1. The molecule has 1 N–H and O–H groups in total. The molecule has 3 heteroatoms. The average molecular weight is 133 g/mol. The highest BCUT2D eigenvalue weighted by Gasteiger charge is 2.18. The molecule has 2 atom stereocenters. The van der Waals surface area contributed by atoms with E-state index < -0.39 is 6.17 Å². The van der Waals surface area contributed by atoms with E-state index >= 15 is 0 Å². The zero-order chi connectivity index (χ0) is 6.69. The second-order valence-electron chi connectivity index (χ2n) is 2.30. The molecule has 0 spiro atoms. The maximum Gasteiger partial charge on any atom is 0.138 e. The molecule has 1 fully saturated rings. The topological polar surface area (TPSA) is 21.3 Å². The van der Waals surface area contributed by atoms with Gasteiger partial charge in [-0.25, -0.2) is 4.39 Å². The largest absolute Gasteiger partial charge is 0.374 e. The lowest BCUT2D eigenvalue weighted by Crippen LogP contribution is -2.27. The smallest absolute Gasteiger partial charge is 0.138 e. The van der Waals surface area contributed by atoms with Gasteiger partial charge in [0.25, 0.3) is 0 Å². The summed E-state index contributed by atoms with van der Waals surface area (Å²) in [4.78, 5) is 0. The monoisotopic (exact) mass is 133 g/mol. The van der Waals surface area contributed by atoms with Crippen LogP contribution in [0.2, 0.25) is 0 Å². The highest BCUT2D eigenvalue weighted by atomic mass is 19.1. The minimum absolute atomic E-state index is 0.236. The molecule has 0 aromatic heterocycles. The van der Waals surface area contributed by atoms with Crippen molar-refractivity contribution in [2.75, 3.05) is 19.7 Å². The van der Waals surface area contributed by atoms with Gasteiger partial charge in [0, 0.05) is 13.1 Å². The Balaban J connectivity index is 2.32. The Labute approximate surface area is 54.4 Å². The van der Waals surface area contributed by atoms with Crippen molar-refractivity contribution in [1.82, 2.24) is 5.32 Å². The van der Waals surface area contributed by atoms with E-state index in [2.05, 4.69) is 5.32 Å². The summed E-state index contributed by atoms with van der Waals surface area (Å²) in [6.07, 6.45) is -1.08. The van der Waals surface area contributed by atoms with Gasteiger partial charge in [0.2, 0.25) is 0 Å². The lowest BCUT2D eigenvalue weighted by atomic mass is 10.2. The van der Waals surface area contributed by atoms with Gasteiger partial charge in [-0.3, -0.25) is 0 Å². The Hall–Kier alpha value is -0.150. The molecular weight excluding hydrogens is 121 g/mol. The Morgan fingerprint density at radius 2 is 2.44 bits per heavy atom. The van der Waals surface area contributed by atoms with Gasteiger partial charge < -0.3 is 10.1 Å². The van der Waals surface area contributed by atoms with Crippen molar-refractivity contribution < 1.29 is 9.13 Å². The first-order chi connectivity index (χ1) is 4.30. The van der Waals surface area contributed by atoms with E-state index in [0.29, 0.717) is 13.2 Å². The van der Waals surface area contributed by atoms with E-state index in [-0.39, 0.29) is 6.10 Å². The van der Waals surface area contributed by atoms with Crippen LogP contribution in [0.3, 0.4) is 0 Å². The lowest BCUT2D eigenvalue weighted by molar-refractivity contribution is 0.0306. The van der Waals surface area contributed by atoms with Crippen LogP contribution in [0.25, 0.3) is 0 Å². The molecule has 2 unspecified atom stereocenters. The standard InChI is InChI=1S/C6H12FNO/c1-5-6(7)4-8-2-3-9-5/h5-6,8H,2-4H2,1H3. The molecule has 1 saturated heterocycles. The first-order valence-corrected chi connectivity index (χ1v) is 3.27. The van der Waals surface area contributed by atoms with Crippen LogP contribution >= 0.6 is 0 Å². The normalized spacial score (nSPS) is 38.0. The molecule has 1 aliphatic heterocycles. The molecule has 0 aromatic carbocycles. The van der Waals surface area contributed by atoms with Crippen LogP contribution in [0.5, 0.6) is 0 Å². The number of hydrogen-bond acceptors (Lipinski definition) is 2. The van der Waals surface area contributed by atoms with Gasteiger partial charge in [0.1, 0.15) is 6.17 Å². The predicted octanol–water partition coefficient (Wildman–Crippen LogP) is 0.333. The second-order valence-corrected chi connectivity index (χ2v) is 2.30. The summed E-state index contributed by atoms with van der Waals surface area (Å²) in [5.41, 5.74) is 0. The van der Waals surface area contributed by atoms with E-state index in [4.69, 9.17) is 4.74 Å². The number of alkyl halides is 1. The van der Waals surface area contributed by atoms with Crippen LogP contribution < -0.4 is 5.32 Å². The minimum atomic E-state index is -0.840. The van der Waals surface area contributed by atoms with E-state index in [9.17, 15) is 4.39 Å². The Kier molecular flexibility index (Phi) is 2.42. The van der Waals surface area contributed by atoms with Gasteiger partial charge in [-0.2, -0.15) is 0 Å². The van der Waals surface area contributed by atoms with Crippen LogP contribution in [0.1, 0.15) is 6.92 Å². The Morgan fingerprint density at radius 3 is 3.22 bits per heavy atom. The molecule has 1 aliphatic rings. The van der Waals surface area contributed by atoms with Gasteiger partial charge in [0.05, 0.1) is 12.7 Å². The molecule has 0 aliphatic carbocycles. The predicted molar refractivity (Wildman–Crippen MR) is 33.2 cm³/mol. The van der Waals surface area contributed by atoms with Crippen molar-refractivity contribution in [3.05, 3.63) is 0 Å². The molecule has 0 saturated carbocycles. The number of hydrogen-bond donors (Lipinski definition) is 1. The fourth-order valence-electron chi connectivity index (χ4n) is 0.827. The third-order valence-corrected chi connectivity index (χ3v) is 1.51. The van der Waals surface area contributed by atoms with E-state index in [0.717, 1.165) is 6.54 Å². The second kappa shape index (κ2) is 3.13. The summed E-state index contributed by atoms with van der Waals surface area (Å²) >= 11 is 0. The highest BCUT2D eigenvalue weighted by molar-refractivity contribution is 4.70. The zero-order valence-corrected chi connectivity index (χ0v) is 5.56. The molecule has 1 heterocycles. The molecule has 0 bridgehead atoms. The van der Waals surface area contributed by atoms with E-state index in [1.54, 1.807) is 6.92 Å². The van der Waals surface area contributed by atoms with E-state index in [1.165, 1.54) is 0 Å². The van der Waals surface area contributed by atoms with Crippen LogP contribution in [0.15, 0.2) is 0 Å². The first-order valence-electron chi connectivity index (χ1n) is 3.27. The van der Waals surface area contributed by atoms with Crippen LogP contribution in [-0.2, 0) is 4.74 Å². The van der Waals surface area contributed by atoms with Gasteiger partial charge in [0.15, 0.2) is 0 Å². The number of halogens is 1. The summed E-state index contributed by atoms with van der Waals surface area (Å²) in [6, 6.07) is 0. The minimum Gasteiger partial charge on any atom is -0.374 e. The molecule has 2 nitrogen and oxygen atoms in total. The highest BCUT2D eigenvalue weighted by Crippen LogP contribution is 2.03. The van der Waals surface area contributed by atoms with Gasteiger partial charge in [-0.1, -0.05) is 0 Å². The molecular formula is C6H12FNO. The van der Waals surface area contributed by atoms with Crippen LogP contribution in [-0.4, -0.2) is 32.0 Å². The summed E-state index contributed by atoms with van der Waals surface area (Å²) in [6.45, 7) is 3.59. The zero-order valence-electron chi connectivity index (χ0n) is 5.56. The van der Waals surface area contributed by atoms with Crippen LogP contribution in [0, 0.1) is 0 Å². The molecule has 0 aromatic rings. The molecule has 9 heavy (non-hydrogen) atoms. The summed E-state index contributed by atoms with van der Waals surface area (Å²) in [5, 5.41) is 2.93. The molecule has 0 amide bonds. The summed E-state index contributed by atoms with van der Waals surface area (Å²) < 4.78 is 17.7. The van der Waals surface area contributed by atoms with Crippen molar-refractivity contribution in [3.8, 4) is 0 Å². The molecule has 0 radical (unpaired) electrons. The molecule has 54 valence electrons. The third kappa shape index (κ3) is 1.91. The van der Waals surface area contributed by atoms with Crippen LogP contribution in [0.4, 0.5) is 4.39 Å². The summed E-state index contributed by atoms with van der Waals surface area (Å²) in [7, 11) is 0. The van der Waals surface area contributed by atoms with Gasteiger partial charge in [-0.05, 0) is 6.92 Å². The number of rotatable bonds is 0. The van der Waals surface area contributed by atoms with Crippen molar-refractivity contribution in [2.24, 2.45) is 0 Å². The van der Waals surface area contributed by atoms with Gasteiger partial charge in [-0.15, -0.1) is 0 Å². The first kappa shape index (κ1) is 6.96. The third-order valence-electron chi connectivity index (χ3n) is 1.51. The quantitative estimate of drug-likeness (QED) is 0.514. The number of nitrogens with one attached hydrogen (secondary N) is 1. The van der Waals surface area contributed by atoms with E-state index in [1.807, 2.05) is 0 Å². The van der Waals surface area contributed by atoms with Crippen molar-refractivity contribution in [3.63, 3.8) is 0 Å². The Morgan fingerprint density at radius 1 is 1.67 bits per heavy atom. The summed E-state index contributed by atoms with van der Waals surface area (Å²) in [5.74, 6) is 0. The van der Waals surface area contributed by atoms with Crippen molar-refractivity contribution in [1.29, 1.82) is 0 Å². The van der Waals surface area contributed by atoms with Crippen molar-refractivity contribution in [2.45, 2.75) is 19.2 Å². The van der Waals surface area contributed by atoms with Gasteiger partial charge >= 0.3 is 0 Å². The molecule has 1 rings (SSSR count).